The lowest BCUT2D eigenvalue weighted by molar-refractivity contribution is -0.244. The van der Waals surface area contributed by atoms with Crippen molar-refractivity contribution in [3.8, 4) is 0 Å². The first kappa shape index (κ1) is 19.0. The molecule has 0 fully saturated rings. The van der Waals surface area contributed by atoms with Gasteiger partial charge in [0, 0.05) is 18.7 Å². The second-order valence-electron chi connectivity index (χ2n) is 4.64. The molecule has 0 radical (unpaired) electrons. The van der Waals surface area contributed by atoms with Gasteiger partial charge in [0.15, 0.2) is 11.9 Å². The molecule has 1 amide bonds. The van der Waals surface area contributed by atoms with Crippen molar-refractivity contribution in [2.75, 3.05) is 13.2 Å². The molecule has 1 heterocycles. The summed E-state index contributed by atoms with van der Waals surface area (Å²) in [5.41, 5.74) is 6.93. The number of ether oxygens (including phenoxy) is 1. The van der Waals surface area contributed by atoms with Crippen molar-refractivity contribution < 1.29 is 19.3 Å². The van der Waals surface area contributed by atoms with E-state index in [1.807, 2.05) is 0 Å². The lowest BCUT2D eigenvalue weighted by Gasteiger charge is -2.16. The minimum absolute atomic E-state index is 0. The number of nitrogens with one attached hydrogen (secondary N) is 2. The van der Waals surface area contributed by atoms with Gasteiger partial charge in [-0.1, -0.05) is 24.3 Å². The molecule has 126 valence electrons. The highest BCUT2D eigenvalue weighted by molar-refractivity contribution is 5.94. The predicted molar refractivity (Wildman–Crippen MR) is 87.1 cm³/mol. The van der Waals surface area contributed by atoms with E-state index in [1.165, 1.54) is 0 Å². The summed E-state index contributed by atoms with van der Waals surface area (Å²) in [7, 11) is 0. The summed E-state index contributed by atoms with van der Waals surface area (Å²) in [6, 6.07) is 7.09. The van der Waals surface area contributed by atoms with Crippen LogP contribution in [0.2, 0.25) is 0 Å². The molecule has 0 spiro atoms. The zero-order valence-electron chi connectivity index (χ0n) is 12.7. The van der Waals surface area contributed by atoms with Crippen molar-refractivity contribution in [2.45, 2.75) is 19.6 Å². The standard InChI is InChI=1S/C15H19N3O4.ClH/c1-2-20-13(12-7-8-21-22-12)15(19)18-9-10-3-5-11(6-4-10)14(16)17;/h3-7,13H,2,8-9H2,1H3,(H3,16,17)(H,18,19);1H. The molecule has 2 rings (SSSR count). The predicted octanol–water partition coefficient (Wildman–Crippen LogP) is 1.26. The molecule has 0 aromatic heterocycles. The summed E-state index contributed by atoms with van der Waals surface area (Å²) in [4.78, 5) is 21.9. The molecule has 8 heteroatoms. The smallest absolute Gasteiger partial charge is 0.257 e. The van der Waals surface area contributed by atoms with Crippen LogP contribution < -0.4 is 11.1 Å². The summed E-state index contributed by atoms with van der Waals surface area (Å²) >= 11 is 0. The summed E-state index contributed by atoms with van der Waals surface area (Å²) < 4.78 is 5.40. The first-order valence-corrected chi connectivity index (χ1v) is 6.94. The molecule has 1 atom stereocenters. The number of nitrogen functional groups attached to an aromatic ring is 1. The van der Waals surface area contributed by atoms with E-state index in [0.717, 1.165) is 5.56 Å². The Morgan fingerprint density at radius 3 is 2.65 bits per heavy atom. The van der Waals surface area contributed by atoms with Crippen LogP contribution in [0.15, 0.2) is 36.1 Å². The number of carbonyl (C=O) groups is 1. The molecular weight excluding hydrogens is 322 g/mol. The average Bonchev–Trinajstić information content (AvgIpc) is 3.04. The fourth-order valence-corrected chi connectivity index (χ4v) is 1.94. The van der Waals surface area contributed by atoms with Gasteiger partial charge in [-0.3, -0.25) is 10.2 Å². The van der Waals surface area contributed by atoms with Crippen LogP contribution in [0, 0.1) is 5.41 Å². The second-order valence-corrected chi connectivity index (χ2v) is 4.64. The fourth-order valence-electron chi connectivity index (χ4n) is 1.94. The fraction of sp³-hybridized carbons (Fsp3) is 0.333. The minimum atomic E-state index is -0.816. The second kappa shape index (κ2) is 9.14. The zero-order valence-corrected chi connectivity index (χ0v) is 13.5. The van der Waals surface area contributed by atoms with Gasteiger partial charge in [0.25, 0.3) is 5.91 Å². The Kier molecular flexibility index (Phi) is 7.53. The minimum Gasteiger partial charge on any atom is -0.384 e. The highest BCUT2D eigenvalue weighted by Gasteiger charge is 2.28. The summed E-state index contributed by atoms with van der Waals surface area (Å²) in [6.45, 7) is 2.83. The maximum absolute atomic E-state index is 12.2. The third-order valence-electron chi connectivity index (χ3n) is 3.07. The summed E-state index contributed by atoms with van der Waals surface area (Å²) in [6.07, 6.45) is 0.852. The van der Waals surface area contributed by atoms with E-state index in [0.29, 0.717) is 31.1 Å². The number of hydrogen-bond acceptors (Lipinski definition) is 5. The molecule has 1 aromatic carbocycles. The van der Waals surface area contributed by atoms with Crippen molar-refractivity contribution in [1.29, 1.82) is 5.41 Å². The van der Waals surface area contributed by atoms with Gasteiger partial charge in [0.05, 0.1) is 0 Å². The van der Waals surface area contributed by atoms with Crippen LogP contribution in [-0.2, 0) is 25.9 Å². The maximum Gasteiger partial charge on any atom is 0.257 e. The Balaban J connectivity index is 0.00000264. The number of nitrogens with two attached hydrogens (primary N) is 1. The highest BCUT2D eigenvalue weighted by Crippen LogP contribution is 2.15. The molecule has 7 nitrogen and oxygen atoms in total. The van der Waals surface area contributed by atoms with E-state index in [-0.39, 0.29) is 24.1 Å². The molecule has 0 aliphatic carbocycles. The molecule has 0 saturated carbocycles. The number of amidine groups is 1. The van der Waals surface area contributed by atoms with Crippen molar-refractivity contribution in [2.24, 2.45) is 5.73 Å². The van der Waals surface area contributed by atoms with Gasteiger partial charge in [-0.15, -0.1) is 12.4 Å². The first-order chi connectivity index (χ1) is 10.6. The lowest BCUT2D eigenvalue weighted by atomic mass is 10.1. The highest BCUT2D eigenvalue weighted by atomic mass is 35.5. The Hall–Kier alpha value is -2.09. The molecule has 1 unspecified atom stereocenters. The molecule has 1 aliphatic heterocycles. The largest absolute Gasteiger partial charge is 0.384 e. The molecule has 0 bridgehead atoms. The maximum atomic E-state index is 12.2. The number of rotatable bonds is 7. The SMILES string of the molecule is CCOC(C(=O)NCc1ccc(C(=N)N)cc1)C1=CCOO1.Cl. The van der Waals surface area contributed by atoms with Crippen LogP contribution in [-0.4, -0.2) is 31.1 Å². The van der Waals surface area contributed by atoms with Gasteiger partial charge in [-0.2, -0.15) is 4.89 Å². The van der Waals surface area contributed by atoms with Gasteiger partial charge in [0.1, 0.15) is 12.4 Å². The normalized spacial score (nSPS) is 14.2. The Bertz CT molecular complexity index is 575. The van der Waals surface area contributed by atoms with E-state index in [9.17, 15) is 4.79 Å². The van der Waals surface area contributed by atoms with Crippen molar-refractivity contribution in [3.63, 3.8) is 0 Å². The van der Waals surface area contributed by atoms with E-state index in [1.54, 1.807) is 37.3 Å². The van der Waals surface area contributed by atoms with E-state index >= 15 is 0 Å². The summed E-state index contributed by atoms with van der Waals surface area (Å²) in [5.74, 6) is 0.0813. The number of hydrogen-bond donors (Lipinski definition) is 3. The van der Waals surface area contributed by atoms with Gasteiger partial charge < -0.3 is 20.7 Å². The van der Waals surface area contributed by atoms with Gasteiger partial charge in [0.2, 0.25) is 0 Å². The van der Waals surface area contributed by atoms with Crippen LogP contribution in [0.5, 0.6) is 0 Å². The lowest BCUT2D eigenvalue weighted by Crippen LogP contribution is -2.37. The van der Waals surface area contributed by atoms with Crippen molar-refractivity contribution >= 4 is 24.1 Å². The molecule has 1 aliphatic rings. The monoisotopic (exact) mass is 341 g/mol. The quantitative estimate of drug-likeness (QED) is 0.393. The van der Waals surface area contributed by atoms with Gasteiger partial charge >= 0.3 is 0 Å². The number of carbonyl (C=O) groups excluding carboxylic acids is 1. The average molecular weight is 342 g/mol. The van der Waals surface area contributed by atoms with Gasteiger partial charge in [-0.05, 0) is 18.6 Å². The molecule has 4 N–H and O–H groups in total. The third-order valence-corrected chi connectivity index (χ3v) is 3.07. The van der Waals surface area contributed by atoms with Crippen LogP contribution in [0.3, 0.4) is 0 Å². The first-order valence-electron chi connectivity index (χ1n) is 6.94. The van der Waals surface area contributed by atoms with Crippen LogP contribution in [0.1, 0.15) is 18.1 Å². The van der Waals surface area contributed by atoms with Crippen LogP contribution in [0.25, 0.3) is 0 Å². The van der Waals surface area contributed by atoms with E-state index in [2.05, 4.69) is 5.32 Å². The van der Waals surface area contributed by atoms with Crippen LogP contribution >= 0.6 is 12.4 Å². The number of halogens is 1. The topological polar surface area (TPSA) is 107 Å². The van der Waals surface area contributed by atoms with Crippen molar-refractivity contribution in [1.82, 2.24) is 5.32 Å². The van der Waals surface area contributed by atoms with E-state index in [4.69, 9.17) is 25.7 Å². The molecular formula is C15H20ClN3O4. The molecule has 0 saturated heterocycles. The third kappa shape index (κ3) is 5.24. The number of benzene rings is 1. The Morgan fingerprint density at radius 1 is 1.43 bits per heavy atom. The van der Waals surface area contributed by atoms with Gasteiger partial charge in [-0.25, -0.2) is 0 Å². The van der Waals surface area contributed by atoms with E-state index < -0.39 is 6.10 Å². The molecule has 1 aromatic rings. The van der Waals surface area contributed by atoms with Crippen molar-refractivity contribution in [3.05, 3.63) is 47.2 Å². The Morgan fingerprint density at radius 2 is 2.13 bits per heavy atom. The number of amides is 1. The Labute approximate surface area is 140 Å². The zero-order chi connectivity index (χ0) is 15.9. The molecule has 23 heavy (non-hydrogen) atoms. The summed E-state index contributed by atoms with van der Waals surface area (Å²) in [5, 5.41) is 10.1. The van der Waals surface area contributed by atoms with Crippen LogP contribution in [0.4, 0.5) is 0 Å².